The van der Waals surface area contributed by atoms with Crippen molar-refractivity contribution in [1.82, 2.24) is 0 Å². The Morgan fingerprint density at radius 1 is 1.21 bits per heavy atom. The van der Waals surface area contributed by atoms with Gasteiger partial charge in [-0.3, -0.25) is 0 Å². The lowest BCUT2D eigenvalue weighted by Crippen LogP contribution is -1.91. The Hall–Kier alpha value is -0.110. The van der Waals surface area contributed by atoms with Gasteiger partial charge in [0.1, 0.15) is 0 Å². The van der Waals surface area contributed by atoms with Crippen LogP contribution in [0.2, 0.25) is 0 Å². The van der Waals surface area contributed by atoms with Crippen molar-refractivity contribution in [3.63, 3.8) is 0 Å². The first-order chi connectivity index (χ1) is 6.79. The van der Waals surface area contributed by atoms with Gasteiger partial charge in [0.05, 0.1) is 12.9 Å². The Kier molecular flexibility index (Phi) is 9.37. The Morgan fingerprint density at radius 2 is 1.86 bits per heavy atom. The fraction of sp³-hybridized carbons (Fsp3) is 0.800. The molecule has 0 bridgehead atoms. The molecule has 0 radical (unpaired) electrons. The third kappa shape index (κ3) is 5.58. The second kappa shape index (κ2) is 9.45. The first kappa shape index (κ1) is 13.9. The molecule has 0 unspecified atom stereocenters. The average Bonchev–Trinajstić information content (AvgIpc) is 2.23. The molecular weight excluding hydrogens is 199 g/mol. The molecule has 3 nitrogen and oxygen atoms in total. The molecule has 0 aliphatic carbocycles. The molecule has 0 spiro atoms. The Balaban J connectivity index is 3.96. The van der Waals surface area contributed by atoms with Crippen LogP contribution in [0.4, 0.5) is 0 Å². The minimum absolute atomic E-state index is 0.774. The summed E-state index contributed by atoms with van der Waals surface area (Å²) < 4.78 is 15.8. The summed E-state index contributed by atoms with van der Waals surface area (Å²) in [6.07, 6.45) is 4.93. The molecule has 0 aliphatic rings. The molecule has 0 aromatic heterocycles. The SMILES string of the molecule is CCCCO/C=C(\CC)P(OC)OC. The lowest BCUT2D eigenvalue weighted by atomic mass is 10.4. The Bertz CT molecular complexity index is 155. The van der Waals surface area contributed by atoms with Gasteiger partial charge in [-0.15, -0.1) is 0 Å². The van der Waals surface area contributed by atoms with Crippen LogP contribution < -0.4 is 0 Å². The Morgan fingerprint density at radius 3 is 2.29 bits per heavy atom. The first-order valence-electron chi connectivity index (χ1n) is 4.99. The van der Waals surface area contributed by atoms with Crippen LogP contribution in [0.15, 0.2) is 11.6 Å². The molecule has 0 amide bonds. The minimum Gasteiger partial charge on any atom is -0.501 e. The van der Waals surface area contributed by atoms with Crippen LogP contribution in [0, 0.1) is 0 Å². The molecule has 0 saturated carbocycles. The number of rotatable bonds is 8. The number of hydrogen-bond acceptors (Lipinski definition) is 3. The van der Waals surface area contributed by atoms with Gasteiger partial charge in [0.2, 0.25) is 8.38 Å². The van der Waals surface area contributed by atoms with Gasteiger partial charge in [0.25, 0.3) is 0 Å². The molecule has 84 valence electrons. The van der Waals surface area contributed by atoms with E-state index >= 15 is 0 Å². The van der Waals surface area contributed by atoms with E-state index in [1.807, 2.05) is 0 Å². The van der Waals surface area contributed by atoms with Crippen LogP contribution in [0.1, 0.15) is 33.1 Å². The van der Waals surface area contributed by atoms with E-state index in [0.29, 0.717) is 0 Å². The molecule has 0 rings (SSSR count). The predicted octanol–water partition coefficient (Wildman–Crippen LogP) is 3.66. The van der Waals surface area contributed by atoms with Crippen LogP contribution in [0.3, 0.4) is 0 Å². The zero-order valence-corrected chi connectivity index (χ0v) is 10.5. The summed E-state index contributed by atoms with van der Waals surface area (Å²) in [5.74, 6) is 0. The van der Waals surface area contributed by atoms with E-state index in [2.05, 4.69) is 13.8 Å². The van der Waals surface area contributed by atoms with Crippen molar-refractivity contribution in [1.29, 1.82) is 0 Å². The molecule has 0 N–H and O–H groups in total. The predicted molar refractivity (Wildman–Crippen MR) is 60.2 cm³/mol. The average molecular weight is 220 g/mol. The fourth-order valence-electron chi connectivity index (χ4n) is 0.947. The van der Waals surface area contributed by atoms with Crippen molar-refractivity contribution in [2.75, 3.05) is 20.8 Å². The maximum absolute atomic E-state index is 5.41. The highest BCUT2D eigenvalue weighted by Crippen LogP contribution is 2.46. The van der Waals surface area contributed by atoms with E-state index in [-0.39, 0.29) is 0 Å². The lowest BCUT2D eigenvalue weighted by molar-refractivity contribution is 0.240. The first-order valence-corrected chi connectivity index (χ1v) is 6.16. The summed E-state index contributed by atoms with van der Waals surface area (Å²) in [5.41, 5.74) is 0. The highest BCUT2D eigenvalue weighted by atomic mass is 31.2. The highest BCUT2D eigenvalue weighted by molar-refractivity contribution is 7.52. The normalized spacial score (nSPS) is 12.2. The van der Waals surface area contributed by atoms with Crippen molar-refractivity contribution < 1.29 is 13.8 Å². The molecule has 0 aliphatic heterocycles. The van der Waals surface area contributed by atoms with Crippen molar-refractivity contribution in [2.45, 2.75) is 33.1 Å². The van der Waals surface area contributed by atoms with E-state index < -0.39 is 8.38 Å². The molecule has 0 atom stereocenters. The zero-order chi connectivity index (χ0) is 10.8. The number of ether oxygens (including phenoxy) is 1. The smallest absolute Gasteiger partial charge is 0.203 e. The van der Waals surface area contributed by atoms with Gasteiger partial charge in [-0.2, -0.15) is 0 Å². The molecule has 0 fully saturated rings. The summed E-state index contributed by atoms with van der Waals surface area (Å²) in [4.78, 5) is 0. The summed E-state index contributed by atoms with van der Waals surface area (Å²) in [7, 11) is 2.41. The van der Waals surface area contributed by atoms with Gasteiger partial charge in [-0.05, 0) is 12.8 Å². The van der Waals surface area contributed by atoms with E-state index in [1.165, 1.54) is 0 Å². The van der Waals surface area contributed by atoms with Crippen LogP contribution >= 0.6 is 8.38 Å². The van der Waals surface area contributed by atoms with Crippen LogP contribution in [0.5, 0.6) is 0 Å². The summed E-state index contributed by atoms with van der Waals surface area (Å²) in [5, 5.41) is 1.10. The van der Waals surface area contributed by atoms with Crippen molar-refractivity contribution >= 4 is 8.38 Å². The van der Waals surface area contributed by atoms with Crippen LogP contribution in [0.25, 0.3) is 0 Å². The fourth-order valence-corrected chi connectivity index (χ4v) is 1.98. The maximum atomic E-state index is 5.41. The highest BCUT2D eigenvalue weighted by Gasteiger charge is 2.11. The molecule has 14 heavy (non-hydrogen) atoms. The third-order valence-corrected chi connectivity index (χ3v) is 3.32. The summed E-state index contributed by atoms with van der Waals surface area (Å²) in [6, 6.07) is 0. The van der Waals surface area contributed by atoms with Gasteiger partial charge in [-0.1, -0.05) is 20.3 Å². The molecule has 0 saturated heterocycles. The quantitative estimate of drug-likeness (QED) is 0.355. The van der Waals surface area contributed by atoms with Gasteiger partial charge >= 0.3 is 0 Å². The maximum Gasteiger partial charge on any atom is 0.203 e. The molecule has 4 heteroatoms. The second-order valence-corrected chi connectivity index (χ2v) is 4.63. The molecule has 0 heterocycles. The van der Waals surface area contributed by atoms with Crippen LogP contribution in [-0.2, 0) is 13.8 Å². The van der Waals surface area contributed by atoms with Crippen molar-refractivity contribution in [3.8, 4) is 0 Å². The van der Waals surface area contributed by atoms with Crippen molar-refractivity contribution in [2.24, 2.45) is 0 Å². The van der Waals surface area contributed by atoms with E-state index in [0.717, 1.165) is 31.2 Å². The number of allylic oxidation sites excluding steroid dienone is 1. The van der Waals surface area contributed by atoms with Gasteiger partial charge in [0, 0.05) is 19.5 Å². The topological polar surface area (TPSA) is 27.7 Å². The summed E-state index contributed by atoms with van der Waals surface area (Å²) >= 11 is 0. The van der Waals surface area contributed by atoms with Gasteiger partial charge < -0.3 is 13.8 Å². The van der Waals surface area contributed by atoms with Crippen molar-refractivity contribution in [3.05, 3.63) is 11.6 Å². The Labute approximate surface area is 88.3 Å². The molecular formula is C10H21O3P. The largest absolute Gasteiger partial charge is 0.501 e. The van der Waals surface area contributed by atoms with Gasteiger partial charge in [-0.25, -0.2) is 0 Å². The number of hydrogen-bond donors (Lipinski definition) is 0. The monoisotopic (exact) mass is 220 g/mol. The standard InChI is InChI=1S/C10H21O3P/c1-5-7-8-13-9-10(6-2)14(11-3)12-4/h9H,5-8H2,1-4H3/b10-9+. The molecule has 0 aromatic rings. The summed E-state index contributed by atoms with van der Waals surface area (Å²) in [6.45, 7) is 4.99. The zero-order valence-electron chi connectivity index (χ0n) is 9.58. The van der Waals surface area contributed by atoms with Gasteiger partial charge in [0.15, 0.2) is 0 Å². The van der Waals surface area contributed by atoms with Crippen LogP contribution in [-0.4, -0.2) is 20.8 Å². The second-order valence-electron chi connectivity index (χ2n) is 2.81. The molecule has 0 aromatic carbocycles. The van der Waals surface area contributed by atoms with E-state index in [1.54, 1.807) is 20.5 Å². The minimum atomic E-state index is -0.905. The van der Waals surface area contributed by atoms with E-state index in [9.17, 15) is 0 Å². The number of unbranched alkanes of at least 4 members (excludes halogenated alkanes) is 1. The lowest BCUT2D eigenvalue weighted by Gasteiger charge is -2.14. The van der Waals surface area contributed by atoms with E-state index in [4.69, 9.17) is 13.8 Å². The third-order valence-electron chi connectivity index (χ3n) is 1.76.